The Morgan fingerprint density at radius 2 is 2.44 bits per heavy atom. The molecule has 0 aliphatic heterocycles. The highest BCUT2D eigenvalue weighted by atomic mass is 32.1. The maximum atomic E-state index is 11.7. The summed E-state index contributed by atoms with van der Waals surface area (Å²) in [4.78, 5) is 19.7. The molecule has 1 heterocycles. The molecule has 0 aliphatic rings. The molecule has 0 bridgehead atoms. The first-order valence-electron chi connectivity index (χ1n) is 5.07. The van der Waals surface area contributed by atoms with E-state index in [1.54, 1.807) is 18.5 Å². The van der Waals surface area contributed by atoms with E-state index >= 15 is 0 Å². The third-order valence-corrected chi connectivity index (χ3v) is 2.80. The van der Waals surface area contributed by atoms with Crippen LogP contribution in [-0.4, -0.2) is 29.2 Å². The van der Waals surface area contributed by atoms with E-state index in [1.165, 1.54) is 11.3 Å². The van der Waals surface area contributed by atoms with Gasteiger partial charge >= 0.3 is 0 Å². The lowest BCUT2D eigenvalue weighted by Crippen LogP contribution is -2.30. The molecule has 0 spiro atoms. The van der Waals surface area contributed by atoms with Crippen LogP contribution in [0.5, 0.6) is 0 Å². The van der Waals surface area contributed by atoms with Gasteiger partial charge in [-0.2, -0.15) is 0 Å². The predicted molar refractivity (Wildman–Crippen MR) is 65.8 cm³/mol. The second-order valence-electron chi connectivity index (χ2n) is 3.47. The van der Waals surface area contributed by atoms with Gasteiger partial charge in [-0.3, -0.25) is 9.79 Å². The lowest BCUT2D eigenvalue weighted by Gasteiger charge is -2.07. The van der Waals surface area contributed by atoms with E-state index in [9.17, 15) is 4.79 Å². The highest BCUT2D eigenvalue weighted by Crippen LogP contribution is 2.09. The molecule has 0 unspecified atom stereocenters. The molecule has 88 valence electrons. The molecule has 0 radical (unpaired) electrons. The number of Topliss-reactive ketones (excluding diaryl/α,β-unsaturated/α-hetero) is 1. The molecule has 0 fully saturated rings. The summed E-state index contributed by atoms with van der Waals surface area (Å²) in [6, 6.07) is -0.487. The summed E-state index contributed by atoms with van der Waals surface area (Å²) in [6.45, 7) is 2.35. The van der Waals surface area contributed by atoms with Crippen molar-refractivity contribution in [2.75, 3.05) is 6.54 Å². The van der Waals surface area contributed by atoms with Crippen molar-refractivity contribution in [1.82, 2.24) is 4.98 Å². The SMILES string of the molecule is CC(N)=NCCC[C@H](N)C(=O)c1nccs1. The number of carbonyl (C=O) groups is 1. The third kappa shape index (κ3) is 4.08. The smallest absolute Gasteiger partial charge is 0.207 e. The van der Waals surface area contributed by atoms with Gasteiger partial charge in [0.25, 0.3) is 0 Å². The molecule has 0 aromatic carbocycles. The van der Waals surface area contributed by atoms with Crippen molar-refractivity contribution in [3.63, 3.8) is 0 Å². The van der Waals surface area contributed by atoms with Crippen LogP contribution in [-0.2, 0) is 0 Å². The molecule has 6 heteroatoms. The lowest BCUT2D eigenvalue weighted by atomic mass is 10.1. The Bertz CT molecular complexity index is 357. The quantitative estimate of drug-likeness (QED) is 0.333. The number of thiazole rings is 1. The highest BCUT2D eigenvalue weighted by molar-refractivity contribution is 7.11. The lowest BCUT2D eigenvalue weighted by molar-refractivity contribution is 0.0956. The second-order valence-corrected chi connectivity index (χ2v) is 4.37. The van der Waals surface area contributed by atoms with Gasteiger partial charge in [0.05, 0.1) is 11.9 Å². The van der Waals surface area contributed by atoms with Gasteiger partial charge in [0.2, 0.25) is 5.78 Å². The van der Waals surface area contributed by atoms with Gasteiger partial charge < -0.3 is 11.5 Å². The summed E-state index contributed by atoms with van der Waals surface area (Å²) in [5.74, 6) is 0.461. The zero-order valence-corrected chi connectivity index (χ0v) is 10.0. The molecular weight excluding hydrogens is 224 g/mol. The number of aliphatic imine (C=N–C) groups is 1. The van der Waals surface area contributed by atoms with Crippen LogP contribution in [0.15, 0.2) is 16.6 Å². The molecule has 0 amide bonds. The van der Waals surface area contributed by atoms with E-state index in [0.29, 0.717) is 23.8 Å². The molecular formula is C10H16N4OS. The molecule has 0 aliphatic carbocycles. The standard InChI is InChI=1S/C10H16N4OS/c1-7(11)13-4-2-3-8(12)9(15)10-14-5-6-16-10/h5-6,8H,2-4,12H2,1H3,(H2,11,13)/t8-/m0/s1. The zero-order chi connectivity index (χ0) is 12.0. The molecule has 1 aromatic heterocycles. The molecule has 1 atom stereocenters. The Balaban J connectivity index is 2.33. The van der Waals surface area contributed by atoms with Crippen LogP contribution in [0, 0.1) is 0 Å². The minimum absolute atomic E-state index is 0.0940. The van der Waals surface area contributed by atoms with Crippen LogP contribution in [0.25, 0.3) is 0 Å². The van der Waals surface area contributed by atoms with Crippen molar-refractivity contribution in [2.45, 2.75) is 25.8 Å². The van der Waals surface area contributed by atoms with Crippen molar-refractivity contribution >= 4 is 23.0 Å². The van der Waals surface area contributed by atoms with Crippen LogP contribution >= 0.6 is 11.3 Å². The number of aromatic nitrogens is 1. The average Bonchev–Trinajstić information content (AvgIpc) is 2.76. The highest BCUT2D eigenvalue weighted by Gasteiger charge is 2.17. The number of amidine groups is 1. The Hall–Kier alpha value is -1.27. The number of ketones is 1. The van der Waals surface area contributed by atoms with Crippen LogP contribution in [0.2, 0.25) is 0 Å². The largest absolute Gasteiger partial charge is 0.388 e. The fourth-order valence-electron chi connectivity index (χ4n) is 1.20. The summed E-state index contributed by atoms with van der Waals surface area (Å²) in [7, 11) is 0. The van der Waals surface area contributed by atoms with Crippen LogP contribution < -0.4 is 11.5 Å². The maximum absolute atomic E-state index is 11.7. The van der Waals surface area contributed by atoms with Crippen LogP contribution in [0.4, 0.5) is 0 Å². The van der Waals surface area contributed by atoms with Crippen LogP contribution in [0.3, 0.4) is 0 Å². The van der Waals surface area contributed by atoms with Crippen molar-refractivity contribution < 1.29 is 4.79 Å². The Kier molecular flexibility index (Phi) is 5.07. The summed E-state index contributed by atoms with van der Waals surface area (Å²) in [5.41, 5.74) is 11.2. The topological polar surface area (TPSA) is 94.4 Å². The van der Waals surface area contributed by atoms with Gasteiger partial charge in [-0.25, -0.2) is 4.98 Å². The van der Waals surface area contributed by atoms with Gasteiger partial charge in [0.1, 0.15) is 0 Å². The number of carbonyl (C=O) groups excluding carboxylic acids is 1. The van der Waals surface area contributed by atoms with E-state index in [0.717, 1.165) is 6.42 Å². The minimum atomic E-state index is -0.487. The molecule has 1 rings (SSSR count). The minimum Gasteiger partial charge on any atom is -0.388 e. The van der Waals surface area contributed by atoms with E-state index in [-0.39, 0.29) is 5.78 Å². The zero-order valence-electron chi connectivity index (χ0n) is 9.22. The normalized spacial score (nSPS) is 13.8. The maximum Gasteiger partial charge on any atom is 0.207 e. The van der Waals surface area contributed by atoms with Crippen molar-refractivity contribution in [3.05, 3.63) is 16.6 Å². The fraction of sp³-hybridized carbons (Fsp3) is 0.500. The van der Waals surface area contributed by atoms with Crippen molar-refractivity contribution in [1.29, 1.82) is 0 Å². The Morgan fingerprint density at radius 3 is 3.00 bits per heavy atom. The fourth-order valence-corrected chi connectivity index (χ4v) is 1.84. The first kappa shape index (κ1) is 12.8. The van der Waals surface area contributed by atoms with Gasteiger partial charge in [0, 0.05) is 18.1 Å². The summed E-state index contributed by atoms with van der Waals surface area (Å²) >= 11 is 1.32. The van der Waals surface area contributed by atoms with Gasteiger partial charge in [-0.05, 0) is 19.8 Å². The first-order chi connectivity index (χ1) is 7.61. The molecule has 1 aromatic rings. The second kappa shape index (κ2) is 6.34. The molecule has 5 nitrogen and oxygen atoms in total. The average molecular weight is 240 g/mol. The van der Waals surface area contributed by atoms with Gasteiger partial charge in [-0.15, -0.1) is 11.3 Å². The van der Waals surface area contributed by atoms with Gasteiger partial charge in [0.15, 0.2) is 5.01 Å². The van der Waals surface area contributed by atoms with Crippen LogP contribution in [0.1, 0.15) is 29.6 Å². The predicted octanol–water partition coefficient (Wildman–Crippen LogP) is 0.810. The summed E-state index contributed by atoms with van der Waals surface area (Å²) in [6.07, 6.45) is 2.97. The molecule has 0 saturated heterocycles. The number of nitrogens with two attached hydrogens (primary N) is 2. The number of nitrogens with zero attached hydrogens (tertiary/aromatic N) is 2. The van der Waals surface area contributed by atoms with E-state index in [1.807, 2.05) is 0 Å². The molecule has 4 N–H and O–H groups in total. The first-order valence-corrected chi connectivity index (χ1v) is 5.95. The monoisotopic (exact) mass is 240 g/mol. The van der Waals surface area contributed by atoms with E-state index < -0.39 is 6.04 Å². The summed E-state index contributed by atoms with van der Waals surface area (Å²) in [5, 5.41) is 2.24. The number of hydrogen-bond donors (Lipinski definition) is 2. The Morgan fingerprint density at radius 1 is 1.69 bits per heavy atom. The van der Waals surface area contributed by atoms with E-state index in [2.05, 4.69) is 9.98 Å². The molecule has 16 heavy (non-hydrogen) atoms. The summed E-state index contributed by atoms with van der Waals surface area (Å²) < 4.78 is 0. The van der Waals surface area contributed by atoms with Crippen molar-refractivity contribution in [2.24, 2.45) is 16.5 Å². The van der Waals surface area contributed by atoms with Crippen molar-refractivity contribution in [3.8, 4) is 0 Å². The Labute approximate surface area is 98.6 Å². The number of hydrogen-bond acceptors (Lipinski definition) is 5. The van der Waals surface area contributed by atoms with Gasteiger partial charge in [-0.1, -0.05) is 0 Å². The molecule has 0 saturated carbocycles. The van der Waals surface area contributed by atoms with E-state index in [4.69, 9.17) is 11.5 Å². The number of rotatable bonds is 6. The third-order valence-electron chi connectivity index (χ3n) is 2.01.